The number of rotatable bonds is 0. The predicted octanol–water partition coefficient (Wildman–Crippen LogP) is 6.80. The Bertz CT molecular complexity index is 1060. The SMILES string of the molecule is Cc1c(C)c(C)c2c(o[p+](=O)c3c(C)c(C)c(C)c(C)c23)c1C. The number of hydrogen-bond acceptors (Lipinski definition) is 2. The fraction of sp³-hybridized carbons (Fsp3) is 0.400. The van der Waals surface area contributed by atoms with Gasteiger partial charge < -0.3 is 0 Å². The molecular formula is C20H24O2P+. The molecule has 0 saturated carbocycles. The zero-order valence-electron chi connectivity index (χ0n) is 15.3. The third-order valence-corrected chi connectivity index (χ3v) is 7.16. The third-order valence-electron chi connectivity index (χ3n) is 5.89. The van der Waals surface area contributed by atoms with Crippen molar-refractivity contribution < 1.29 is 8.76 Å². The highest BCUT2D eigenvalue weighted by atomic mass is 31.1. The van der Waals surface area contributed by atoms with Crippen LogP contribution in [0.5, 0.6) is 0 Å². The van der Waals surface area contributed by atoms with Crippen LogP contribution < -0.4 is 0 Å². The Morgan fingerprint density at radius 3 is 1.57 bits per heavy atom. The zero-order valence-corrected chi connectivity index (χ0v) is 16.2. The van der Waals surface area contributed by atoms with Crippen molar-refractivity contribution in [2.24, 2.45) is 0 Å². The molecule has 0 amide bonds. The molecule has 1 unspecified atom stereocenters. The quantitative estimate of drug-likeness (QED) is 0.425. The Morgan fingerprint density at radius 2 is 1.00 bits per heavy atom. The average molecular weight is 327 g/mol. The second kappa shape index (κ2) is 5.18. The van der Waals surface area contributed by atoms with Gasteiger partial charge in [0.15, 0.2) is 5.58 Å². The molecule has 3 rings (SSSR count). The Kier molecular flexibility index (Phi) is 3.65. The number of benzene rings is 2. The molecule has 0 saturated heterocycles. The van der Waals surface area contributed by atoms with Gasteiger partial charge in [-0.05, 0) is 93.3 Å². The first-order valence-corrected chi connectivity index (χ1v) is 9.22. The van der Waals surface area contributed by atoms with E-state index in [1.165, 1.54) is 33.4 Å². The lowest BCUT2D eigenvalue weighted by Gasteiger charge is -2.15. The Hall–Kier alpha value is -1.66. The van der Waals surface area contributed by atoms with Gasteiger partial charge in [-0.2, -0.15) is 0 Å². The van der Waals surface area contributed by atoms with Crippen molar-refractivity contribution in [3.63, 3.8) is 0 Å². The first-order valence-electron chi connectivity index (χ1n) is 8.04. The van der Waals surface area contributed by atoms with E-state index in [2.05, 4.69) is 55.4 Å². The molecule has 0 radical (unpaired) electrons. The summed E-state index contributed by atoms with van der Waals surface area (Å²) in [6, 6.07) is 0. The van der Waals surface area contributed by atoms with Crippen LogP contribution in [0.1, 0.15) is 44.5 Å². The summed E-state index contributed by atoms with van der Waals surface area (Å²) >= 11 is 0. The summed E-state index contributed by atoms with van der Waals surface area (Å²) < 4.78 is 18.8. The Morgan fingerprint density at radius 1 is 0.565 bits per heavy atom. The molecule has 1 aromatic heterocycles. The molecule has 120 valence electrons. The predicted molar refractivity (Wildman–Crippen MR) is 99.2 cm³/mol. The summed E-state index contributed by atoms with van der Waals surface area (Å²) in [7, 11) is -1.86. The van der Waals surface area contributed by atoms with Gasteiger partial charge in [0, 0.05) is 21.9 Å². The molecule has 2 nitrogen and oxygen atoms in total. The fourth-order valence-electron chi connectivity index (χ4n) is 3.65. The summed E-state index contributed by atoms with van der Waals surface area (Å²) in [6.07, 6.45) is 0. The molecule has 0 aliphatic carbocycles. The highest BCUT2D eigenvalue weighted by Crippen LogP contribution is 2.44. The van der Waals surface area contributed by atoms with E-state index >= 15 is 0 Å². The van der Waals surface area contributed by atoms with Crippen LogP contribution in [0.25, 0.3) is 21.5 Å². The number of aryl methyl sites for hydroxylation is 4. The molecule has 0 bridgehead atoms. The standard InChI is InChI=1S/C20H24O2P/c1-9-11(3)15(7)19-17(13(9)5)18-14(6)10(2)12(4)16(8)20(18)23(21)22-19/h1-8H3/q+1. The van der Waals surface area contributed by atoms with Gasteiger partial charge in [0.1, 0.15) is 0 Å². The molecule has 3 heteroatoms. The third kappa shape index (κ3) is 2.01. The largest absolute Gasteiger partial charge is 0.598 e. The van der Waals surface area contributed by atoms with Gasteiger partial charge in [-0.25, -0.2) is 4.20 Å². The summed E-state index contributed by atoms with van der Waals surface area (Å²) in [4.78, 5) is 0. The van der Waals surface area contributed by atoms with Gasteiger partial charge in [0.2, 0.25) is 5.12 Å². The molecule has 0 fully saturated rings. The van der Waals surface area contributed by atoms with Gasteiger partial charge in [-0.1, -0.05) is 0 Å². The van der Waals surface area contributed by atoms with E-state index in [4.69, 9.17) is 4.20 Å². The van der Waals surface area contributed by atoms with E-state index in [1.54, 1.807) is 0 Å². The van der Waals surface area contributed by atoms with Crippen molar-refractivity contribution in [2.45, 2.75) is 55.4 Å². The second-order valence-electron chi connectivity index (χ2n) is 6.78. The molecule has 2 aromatic carbocycles. The van der Waals surface area contributed by atoms with Crippen LogP contribution >= 0.6 is 7.65 Å². The van der Waals surface area contributed by atoms with Crippen molar-refractivity contribution in [1.29, 1.82) is 0 Å². The first kappa shape index (κ1) is 16.2. The molecule has 1 atom stereocenters. The highest BCUT2D eigenvalue weighted by Gasteiger charge is 2.26. The smallest absolute Gasteiger partial charge is 0.249 e. The molecule has 0 N–H and O–H groups in total. The van der Waals surface area contributed by atoms with Crippen molar-refractivity contribution in [3.05, 3.63) is 44.5 Å². The van der Waals surface area contributed by atoms with Crippen LogP contribution in [0.15, 0.2) is 4.20 Å². The Labute approximate surface area is 138 Å². The summed E-state index contributed by atoms with van der Waals surface area (Å²) in [5.74, 6) is 0. The van der Waals surface area contributed by atoms with Gasteiger partial charge in [0.05, 0.1) is 0 Å². The summed E-state index contributed by atoms with van der Waals surface area (Å²) in [5.41, 5.74) is 10.5. The lowest BCUT2D eigenvalue weighted by molar-refractivity contribution is 0.563. The maximum Gasteiger partial charge on any atom is 0.598 e. The van der Waals surface area contributed by atoms with E-state index in [9.17, 15) is 4.57 Å². The molecule has 0 aliphatic heterocycles. The summed E-state index contributed by atoms with van der Waals surface area (Å²) in [5, 5.41) is 3.16. The number of fused-ring (bicyclic) bond motifs is 3. The zero-order chi connectivity index (χ0) is 17.2. The fourth-order valence-corrected chi connectivity index (χ4v) is 5.04. The van der Waals surface area contributed by atoms with Gasteiger partial charge in [-0.15, -0.1) is 0 Å². The van der Waals surface area contributed by atoms with Crippen molar-refractivity contribution in [2.75, 3.05) is 0 Å². The van der Waals surface area contributed by atoms with E-state index in [1.807, 2.05) is 0 Å². The van der Waals surface area contributed by atoms with Crippen molar-refractivity contribution in [1.82, 2.24) is 0 Å². The Balaban J connectivity index is 2.84. The molecular weight excluding hydrogens is 303 g/mol. The topological polar surface area (TPSA) is 30.2 Å². The molecule has 3 aromatic rings. The van der Waals surface area contributed by atoms with Crippen LogP contribution in [0.4, 0.5) is 0 Å². The normalized spacial score (nSPS) is 12.4. The van der Waals surface area contributed by atoms with Crippen LogP contribution in [0.3, 0.4) is 0 Å². The summed E-state index contributed by atoms with van der Waals surface area (Å²) in [6.45, 7) is 17.0. The number of hydrogen-bond donors (Lipinski definition) is 0. The minimum atomic E-state index is -1.86. The van der Waals surface area contributed by atoms with E-state index in [0.29, 0.717) is 0 Å². The molecule has 23 heavy (non-hydrogen) atoms. The highest BCUT2D eigenvalue weighted by molar-refractivity contribution is 7.37. The molecule has 1 heterocycles. The van der Waals surface area contributed by atoms with Gasteiger partial charge in [-0.3, -0.25) is 0 Å². The maximum atomic E-state index is 12.9. The molecule has 0 aliphatic rings. The van der Waals surface area contributed by atoms with Crippen molar-refractivity contribution in [3.8, 4) is 0 Å². The lowest BCUT2D eigenvalue weighted by atomic mass is 9.89. The van der Waals surface area contributed by atoms with Gasteiger partial charge in [0.25, 0.3) is 0 Å². The maximum absolute atomic E-state index is 12.9. The van der Waals surface area contributed by atoms with E-state index < -0.39 is 7.65 Å². The van der Waals surface area contributed by atoms with Crippen molar-refractivity contribution >= 4 is 29.1 Å². The second-order valence-corrected chi connectivity index (χ2v) is 7.92. The van der Waals surface area contributed by atoms with E-state index in [-0.39, 0.29) is 0 Å². The van der Waals surface area contributed by atoms with Crippen LogP contribution in [-0.2, 0) is 4.57 Å². The molecule has 0 spiro atoms. The van der Waals surface area contributed by atoms with E-state index in [0.717, 1.165) is 32.6 Å². The van der Waals surface area contributed by atoms with Crippen LogP contribution in [0, 0.1) is 55.4 Å². The minimum absolute atomic E-state index is 0.810. The minimum Gasteiger partial charge on any atom is -0.249 e. The van der Waals surface area contributed by atoms with Crippen LogP contribution in [0.2, 0.25) is 0 Å². The average Bonchev–Trinajstić information content (AvgIpc) is 2.53. The van der Waals surface area contributed by atoms with Gasteiger partial charge >= 0.3 is 7.65 Å². The monoisotopic (exact) mass is 327 g/mol. The lowest BCUT2D eigenvalue weighted by Crippen LogP contribution is -1.98. The van der Waals surface area contributed by atoms with Crippen LogP contribution in [-0.4, -0.2) is 0 Å². The first-order chi connectivity index (χ1) is 10.7.